The van der Waals surface area contributed by atoms with E-state index in [-0.39, 0.29) is 17.7 Å². The Bertz CT molecular complexity index is 888. The number of carboxylic acid groups (broad SMARTS) is 1. The third kappa shape index (κ3) is 2.60. The van der Waals surface area contributed by atoms with Crippen LogP contribution in [-0.2, 0) is 4.79 Å². The van der Waals surface area contributed by atoms with Gasteiger partial charge in [-0.15, -0.1) is 0 Å². The van der Waals surface area contributed by atoms with Crippen LogP contribution in [0, 0.1) is 11.2 Å². The molecule has 1 heterocycles. The number of halogens is 1. The summed E-state index contributed by atoms with van der Waals surface area (Å²) in [5.41, 5.74) is 2.88. The van der Waals surface area contributed by atoms with E-state index in [0.717, 1.165) is 17.0 Å². The molecule has 1 N–H and O–H groups in total. The molecule has 1 aromatic heterocycles. The van der Waals surface area contributed by atoms with Gasteiger partial charge >= 0.3 is 5.97 Å². The van der Waals surface area contributed by atoms with Gasteiger partial charge < -0.3 is 5.11 Å². The molecule has 140 valence electrons. The summed E-state index contributed by atoms with van der Waals surface area (Å²) in [5, 5.41) is 10.1. The van der Waals surface area contributed by atoms with Crippen molar-refractivity contribution in [1.29, 1.82) is 0 Å². The minimum absolute atomic E-state index is 0.185. The molecule has 3 aliphatic carbocycles. The highest BCUT2D eigenvalue weighted by atomic mass is 19.1. The zero-order valence-corrected chi connectivity index (χ0v) is 15.5. The first-order chi connectivity index (χ1) is 13.1. The Kier molecular flexibility index (Phi) is 3.68. The maximum atomic E-state index is 14.5. The van der Waals surface area contributed by atoms with Crippen molar-refractivity contribution in [2.45, 2.75) is 62.7 Å². The van der Waals surface area contributed by atoms with Crippen LogP contribution in [0.4, 0.5) is 4.39 Å². The molecule has 3 aliphatic rings. The van der Waals surface area contributed by atoms with Crippen LogP contribution in [-0.4, -0.2) is 16.1 Å². The average Bonchev–Trinajstić information content (AvgIpc) is 3.56. The fourth-order valence-corrected chi connectivity index (χ4v) is 4.92. The number of benzene rings is 1. The fourth-order valence-electron chi connectivity index (χ4n) is 4.92. The first kappa shape index (κ1) is 16.9. The number of pyridine rings is 1. The highest BCUT2D eigenvalue weighted by Gasteiger charge is 2.70. The molecule has 27 heavy (non-hydrogen) atoms. The quantitative estimate of drug-likeness (QED) is 0.752. The lowest BCUT2D eigenvalue weighted by Crippen LogP contribution is -2.18. The van der Waals surface area contributed by atoms with Gasteiger partial charge in [0, 0.05) is 35.1 Å². The van der Waals surface area contributed by atoms with E-state index in [2.05, 4.69) is 12.1 Å². The summed E-state index contributed by atoms with van der Waals surface area (Å²) in [4.78, 5) is 17.2. The molecule has 3 nitrogen and oxygen atoms in total. The van der Waals surface area contributed by atoms with E-state index in [1.165, 1.54) is 31.7 Å². The molecule has 2 aromatic rings. The molecule has 0 aliphatic heterocycles. The Labute approximate surface area is 158 Å². The van der Waals surface area contributed by atoms with Gasteiger partial charge in [-0.1, -0.05) is 25.1 Å². The summed E-state index contributed by atoms with van der Waals surface area (Å²) < 4.78 is 14.5. The van der Waals surface area contributed by atoms with Crippen molar-refractivity contribution >= 4 is 5.97 Å². The van der Waals surface area contributed by atoms with Crippen LogP contribution >= 0.6 is 0 Å². The summed E-state index contributed by atoms with van der Waals surface area (Å²) in [7, 11) is 0. The molecular weight excluding hydrogens is 341 g/mol. The molecule has 0 bridgehead atoms. The van der Waals surface area contributed by atoms with Crippen LogP contribution in [0.3, 0.4) is 0 Å². The number of hydrogen-bond donors (Lipinski definition) is 1. The third-order valence-corrected chi connectivity index (χ3v) is 6.80. The third-order valence-electron chi connectivity index (χ3n) is 6.80. The van der Waals surface area contributed by atoms with Crippen molar-refractivity contribution < 1.29 is 14.3 Å². The molecule has 0 spiro atoms. The number of aromatic nitrogens is 1. The van der Waals surface area contributed by atoms with Crippen LogP contribution in [0.15, 0.2) is 36.4 Å². The molecule has 4 heteroatoms. The summed E-state index contributed by atoms with van der Waals surface area (Å²) in [6, 6.07) is 10.9. The van der Waals surface area contributed by atoms with E-state index >= 15 is 0 Å². The largest absolute Gasteiger partial charge is 0.481 e. The molecule has 0 amide bonds. The molecule has 3 saturated carbocycles. The van der Waals surface area contributed by atoms with Crippen LogP contribution in [0.1, 0.15) is 85.2 Å². The van der Waals surface area contributed by atoms with Gasteiger partial charge in [0.2, 0.25) is 0 Å². The zero-order valence-electron chi connectivity index (χ0n) is 15.5. The topological polar surface area (TPSA) is 50.2 Å². The zero-order chi connectivity index (χ0) is 18.8. The highest BCUT2D eigenvalue weighted by Crippen LogP contribution is 2.72. The minimum atomic E-state index is -0.925. The summed E-state index contributed by atoms with van der Waals surface area (Å²) >= 11 is 0. The second-order valence-electron chi connectivity index (χ2n) is 8.47. The molecule has 3 atom stereocenters. The summed E-state index contributed by atoms with van der Waals surface area (Å²) in [6.07, 6.45) is 5.16. The lowest BCUT2D eigenvalue weighted by Gasteiger charge is -2.12. The lowest BCUT2D eigenvalue weighted by atomic mass is 9.94. The molecule has 0 saturated heterocycles. The van der Waals surface area contributed by atoms with E-state index < -0.39 is 11.4 Å². The number of rotatable bonds is 6. The molecule has 0 radical (unpaired) electrons. The number of aliphatic carboxylic acids is 1. The van der Waals surface area contributed by atoms with E-state index in [1.54, 1.807) is 18.2 Å². The van der Waals surface area contributed by atoms with E-state index in [1.807, 2.05) is 6.92 Å². The van der Waals surface area contributed by atoms with E-state index in [9.17, 15) is 14.3 Å². The van der Waals surface area contributed by atoms with Gasteiger partial charge in [-0.25, -0.2) is 4.39 Å². The molecule has 3 unspecified atom stereocenters. The standard InChI is InChI=1S/C23H24FNO2/c1-2-23(22(26)27)20(21(23)16-5-3-4-6-17(16)24)15-11-18(13-7-8-13)25-19(12-15)14-9-10-14/h3-6,11-14,20-21H,2,7-10H2,1H3,(H,26,27). The molecule has 1 aromatic carbocycles. The Hall–Kier alpha value is -2.23. The molecule has 5 rings (SSSR count). The van der Waals surface area contributed by atoms with Gasteiger partial charge in [-0.3, -0.25) is 9.78 Å². The predicted octanol–water partition coefficient (Wildman–Crippen LogP) is 5.34. The Morgan fingerprint density at radius 3 is 2.19 bits per heavy atom. The van der Waals surface area contributed by atoms with Crippen molar-refractivity contribution in [3.63, 3.8) is 0 Å². The number of carbonyl (C=O) groups is 1. The van der Waals surface area contributed by atoms with Crippen LogP contribution in [0.2, 0.25) is 0 Å². The Morgan fingerprint density at radius 1 is 1.11 bits per heavy atom. The van der Waals surface area contributed by atoms with Gasteiger partial charge in [0.05, 0.1) is 5.41 Å². The number of hydrogen-bond acceptors (Lipinski definition) is 2. The van der Waals surface area contributed by atoms with E-state index in [0.29, 0.717) is 23.8 Å². The summed E-state index contributed by atoms with van der Waals surface area (Å²) in [5.74, 6) is -0.579. The van der Waals surface area contributed by atoms with Crippen molar-refractivity contribution in [2.24, 2.45) is 5.41 Å². The second-order valence-corrected chi connectivity index (χ2v) is 8.47. The number of carboxylic acids is 1. The Morgan fingerprint density at radius 2 is 1.70 bits per heavy atom. The number of nitrogens with zero attached hydrogens (tertiary/aromatic N) is 1. The maximum absolute atomic E-state index is 14.5. The first-order valence-electron chi connectivity index (χ1n) is 10.1. The van der Waals surface area contributed by atoms with Crippen LogP contribution < -0.4 is 0 Å². The van der Waals surface area contributed by atoms with Gasteiger partial charge in [0.15, 0.2) is 0 Å². The first-order valence-corrected chi connectivity index (χ1v) is 10.1. The SMILES string of the molecule is CCC1(C(=O)O)C(c2cc(C3CC3)nc(C3CC3)c2)C1c1ccccc1F. The summed E-state index contributed by atoms with van der Waals surface area (Å²) in [6.45, 7) is 1.91. The van der Waals surface area contributed by atoms with E-state index in [4.69, 9.17) is 4.98 Å². The van der Waals surface area contributed by atoms with Crippen LogP contribution in [0.25, 0.3) is 0 Å². The predicted molar refractivity (Wildman–Crippen MR) is 100 cm³/mol. The average molecular weight is 365 g/mol. The van der Waals surface area contributed by atoms with Gasteiger partial charge in [0.25, 0.3) is 0 Å². The molecular formula is C23H24FNO2. The minimum Gasteiger partial charge on any atom is -0.481 e. The van der Waals surface area contributed by atoms with Crippen molar-refractivity contribution in [2.75, 3.05) is 0 Å². The fraction of sp³-hybridized carbons (Fsp3) is 0.478. The smallest absolute Gasteiger partial charge is 0.310 e. The van der Waals surface area contributed by atoms with Gasteiger partial charge in [0.1, 0.15) is 5.82 Å². The monoisotopic (exact) mass is 365 g/mol. The maximum Gasteiger partial charge on any atom is 0.310 e. The second kappa shape index (κ2) is 5.88. The normalized spacial score (nSPS) is 29.6. The lowest BCUT2D eigenvalue weighted by molar-refractivity contribution is -0.143. The van der Waals surface area contributed by atoms with Gasteiger partial charge in [-0.05, 0) is 61.4 Å². The van der Waals surface area contributed by atoms with Gasteiger partial charge in [-0.2, -0.15) is 0 Å². The van der Waals surface area contributed by atoms with Crippen molar-refractivity contribution in [3.05, 3.63) is 64.7 Å². The van der Waals surface area contributed by atoms with Crippen molar-refractivity contribution in [3.8, 4) is 0 Å². The van der Waals surface area contributed by atoms with Crippen molar-refractivity contribution in [1.82, 2.24) is 4.98 Å². The highest BCUT2D eigenvalue weighted by molar-refractivity contribution is 5.84. The molecule has 3 fully saturated rings. The Balaban J connectivity index is 1.62. The van der Waals surface area contributed by atoms with Crippen LogP contribution in [0.5, 0.6) is 0 Å².